The van der Waals surface area contributed by atoms with Gasteiger partial charge in [0.15, 0.2) is 0 Å². The van der Waals surface area contributed by atoms with Gasteiger partial charge in [0.2, 0.25) is 0 Å². The molecule has 5 unspecified atom stereocenters. The molecule has 0 aromatic rings. The summed E-state index contributed by atoms with van der Waals surface area (Å²) in [6.07, 6.45) is 33.8. The van der Waals surface area contributed by atoms with Crippen LogP contribution in [0.1, 0.15) is 103 Å². The zero-order chi connectivity index (χ0) is 25.6. The van der Waals surface area contributed by atoms with Crippen molar-refractivity contribution in [3.8, 4) is 0 Å². The van der Waals surface area contributed by atoms with Gasteiger partial charge in [0, 0.05) is 6.54 Å². The molecule has 0 amide bonds. The lowest BCUT2D eigenvalue weighted by Crippen LogP contribution is -2.35. The third kappa shape index (κ3) is 6.44. The van der Waals surface area contributed by atoms with E-state index in [-0.39, 0.29) is 0 Å². The summed E-state index contributed by atoms with van der Waals surface area (Å²) >= 11 is 0. The van der Waals surface area contributed by atoms with E-state index < -0.39 is 0 Å². The fourth-order valence-corrected chi connectivity index (χ4v) is 9.07. The van der Waals surface area contributed by atoms with Crippen LogP contribution in [0, 0.1) is 41.4 Å². The number of hydrogen-bond donors (Lipinski definition) is 2. The molecular weight excluding hydrogens is 448 g/mol. The Morgan fingerprint density at radius 2 is 1.78 bits per heavy atom. The minimum absolute atomic E-state index is 0.614. The molecule has 5 rings (SSSR count). The van der Waals surface area contributed by atoms with Gasteiger partial charge in [-0.25, -0.2) is 0 Å². The first-order chi connectivity index (χ1) is 18.2. The van der Waals surface area contributed by atoms with E-state index in [4.69, 9.17) is 11.5 Å². The summed E-state index contributed by atoms with van der Waals surface area (Å²) < 4.78 is 0. The first-order valence-corrected chi connectivity index (χ1v) is 16.0. The van der Waals surface area contributed by atoms with E-state index in [1.54, 1.807) is 0 Å². The maximum Gasteiger partial charge on any atom is 0.0146 e. The molecule has 2 heteroatoms. The van der Waals surface area contributed by atoms with E-state index in [9.17, 15) is 0 Å². The van der Waals surface area contributed by atoms with Crippen molar-refractivity contribution in [1.29, 1.82) is 0 Å². The summed E-state index contributed by atoms with van der Waals surface area (Å²) in [5.74, 6) is 6.19. The summed E-state index contributed by atoms with van der Waals surface area (Å²) in [5.41, 5.74) is 18.1. The van der Waals surface area contributed by atoms with Gasteiger partial charge >= 0.3 is 0 Å². The first-order valence-electron chi connectivity index (χ1n) is 16.0. The molecule has 0 radical (unpaired) electrons. The Kier molecular flexibility index (Phi) is 9.64. The lowest BCUT2D eigenvalue weighted by Gasteiger charge is -2.45. The summed E-state index contributed by atoms with van der Waals surface area (Å²) in [5, 5.41) is 0. The van der Waals surface area contributed by atoms with Gasteiger partial charge in [-0.1, -0.05) is 49.0 Å². The first kappa shape index (κ1) is 27.2. The van der Waals surface area contributed by atoms with Gasteiger partial charge in [0.05, 0.1) is 0 Å². The standard InChI is InChI=1S/C35H54N2/c1-25(33-10-4-3-8-32(33)24-37)13-14-31(23-36)28-17-15-26(16-18-28)27-19-21-30(22-20-27)35-12-6-9-29-7-2-5-11-34(29)35/h2,4,7,10,15,27-31,34-35H,1,3,5-6,8-9,11-14,16-24,36-37H2. The van der Waals surface area contributed by atoms with Crippen molar-refractivity contribution in [2.75, 3.05) is 13.1 Å². The van der Waals surface area contributed by atoms with Crippen LogP contribution < -0.4 is 11.5 Å². The Labute approximate surface area is 227 Å². The van der Waals surface area contributed by atoms with Crippen LogP contribution >= 0.6 is 0 Å². The second kappa shape index (κ2) is 13.1. The zero-order valence-electron chi connectivity index (χ0n) is 23.5. The van der Waals surface area contributed by atoms with Gasteiger partial charge in [-0.3, -0.25) is 0 Å². The number of nitrogens with two attached hydrogens (primary N) is 2. The van der Waals surface area contributed by atoms with E-state index in [0.717, 1.165) is 61.3 Å². The van der Waals surface area contributed by atoms with E-state index in [2.05, 4.69) is 37.0 Å². The highest BCUT2D eigenvalue weighted by Crippen LogP contribution is 2.49. The quantitative estimate of drug-likeness (QED) is 0.311. The van der Waals surface area contributed by atoms with Gasteiger partial charge < -0.3 is 11.5 Å². The zero-order valence-corrected chi connectivity index (χ0v) is 23.5. The third-order valence-corrected chi connectivity index (χ3v) is 11.3. The second-order valence-corrected chi connectivity index (χ2v) is 13.2. The SMILES string of the molecule is C=C(CCC(CN)C1CC=C(C2CCC(C3CCCC4C=CCCC43)CC2)CC1)C1=C(CN)CCC=C1. The van der Waals surface area contributed by atoms with Crippen LogP contribution in [0.25, 0.3) is 0 Å². The fraction of sp³-hybridized carbons (Fsp3) is 0.714. The van der Waals surface area contributed by atoms with Crippen molar-refractivity contribution in [2.24, 2.45) is 52.9 Å². The fourth-order valence-electron chi connectivity index (χ4n) is 9.07. The molecule has 5 aliphatic carbocycles. The number of allylic oxidation sites excluding steroid dienone is 8. The Balaban J connectivity index is 1.09. The van der Waals surface area contributed by atoms with Crippen LogP contribution in [0.4, 0.5) is 0 Å². The lowest BCUT2D eigenvalue weighted by molar-refractivity contribution is 0.0812. The molecule has 5 aliphatic rings. The van der Waals surface area contributed by atoms with Gasteiger partial charge in [0.1, 0.15) is 0 Å². The molecule has 0 saturated heterocycles. The van der Waals surface area contributed by atoms with Crippen molar-refractivity contribution >= 4 is 0 Å². The lowest BCUT2D eigenvalue weighted by atomic mass is 9.60. The van der Waals surface area contributed by atoms with Crippen LogP contribution in [-0.2, 0) is 0 Å². The van der Waals surface area contributed by atoms with Crippen molar-refractivity contribution in [2.45, 2.75) is 103 Å². The summed E-state index contributed by atoms with van der Waals surface area (Å²) in [6, 6.07) is 0. The van der Waals surface area contributed by atoms with Crippen molar-refractivity contribution in [3.63, 3.8) is 0 Å². The highest BCUT2D eigenvalue weighted by atomic mass is 14.6. The monoisotopic (exact) mass is 502 g/mol. The Morgan fingerprint density at radius 1 is 0.919 bits per heavy atom. The molecule has 37 heavy (non-hydrogen) atoms. The smallest absolute Gasteiger partial charge is 0.0146 e. The molecule has 0 aromatic carbocycles. The van der Waals surface area contributed by atoms with Gasteiger partial charge in [-0.2, -0.15) is 0 Å². The molecular formula is C35H54N2. The van der Waals surface area contributed by atoms with E-state index in [0.29, 0.717) is 12.5 Å². The Hall–Kier alpha value is -1.38. The maximum atomic E-state index is 6.33. The molecule has 0 spiro atoms. The second-order valence-electron chi connectivity index (χ2n) is 13.2. The third-order valence-electron chi connectivity index (χ3n) is 11.3. The molecule has 0 aliphatic heterocycles. The summed E-state index contributed by atoms with van der Waals surface area (Å²) in [7, 11) is 0. The van der Waals surface area contributed by atoms with Crippen molar-refractivity contribution in [1.82, 2.24) is 0 Å². The van der Waals surface area contributed by atoms with Gasteiger partial charge in [-0.05, 0) is 161 Å². The molecule has 0 bridgehead atoms. The molecule has 2 saturated carbocycles. The predicted octanol–water partition coefficient (Wildman–Crippen LogP) is 8.42. The van der Waals surface area contributed by atoms with E-state index in [1.807, 2.05) is 5.57 Å². The van der Waals surface area contributed by atoms with Crippen LogP contribution in [0.15, 0.2) is 59.3 Å². The topological polar surface area (TPSA) is 52.0 Å². The van der Waals surface area contributed by atoms with Crippen LogP contribution in [-0.4, -0.2) is 13.1 Å². The minimum Gasteiger partial charge on any atom is -0.330 e. The molecule has 0 aromatic heterocycles. The molecule has 2 fully saturated rings. The predicted molar refractivity (Wildman–Crippen MR) is 159 cm³/mol. The van der Waals surface area contributed by atoms with E-state index >= 15 is 0 Å². The maximum absolute atomic E-state index is 6.33. The number of hydrogen-bond acceptors (Lipinski definition) is 2. The Morgan fingerprint density at radius 3 is 2.54 bits per heavy atom. The average molecular weight is 503 g/mol. The van der Waals surface area contributed by atoms with Crippen molar-refractivity contribution in [3.05, 3.63) is 59.3 Å². The molecule has 4 N–H and O–H groups in total. The van der Waals surface area contributed by atoms with Crippen molar-refractivity contribution < 1.29 is 0 Å². The van der Waals surface area contributed by atoms with Gasteiger partial charge in [0.25, 0.3) is 0 Å². The summed E-state index contributed by atoms with van der Waals surface area (Å²) in [6.45, 7) is 5.91. The molecule has 5 atom stereocenters. The number of rotatable bonds is 9. The van der Waals surface area contributed by atoms with Crippen LogP contribution in [0.2, 0.25) is 0 Å². The molecule has 204 valence electrons. The number of fused-ring (bicyclic) bond motifs is 1. The molecule has 2 nitrogen and oxygen atoms in total. The Bertz CT molecular complexity index is 896. The van der Waals surface area contributed by atoms with Crippen LogP contribution in [0.5, 0.6) is 0 Å². The molecule has 0 heterocycles. The average Bonchev–Trinajstić information content (AvgIpc) is 2.97. The highest BCUT2D eigenvalue weighted by molar-refractivity contribution is 5.44. The highest BCUT2D eigenvalue weighted by Gasteiger charge is 2.39. The van der Waals surface area contributed by atoms with Gasteiger partial charge in [-0.15, -0.1) is 0 Å². The largest absolute Gasteiger partial charge is 0.330 e. The van der Waals surface area contributed by atoms with E-state index in [1.165, 1.54) is 100 Å². The normalized spacial score (nSPS) is 35.1. The van der Waals surface area contributed by atoms with Crippen LogP contribution in [0.3, 0.4) is 0 Å². The minimum atomic E-state index is 0.614. The summed E-state index contributed by atoms with van der Waals surface area (Å²) in [4.78, 5) is 0.